The van der Waals surface area contributed by atoms with Gasteiger partial charge in [-0.3, -0.25) is 0 Å². The van der Waals surface area contributed by atoms with Crippen molar-refractivity contribution in [2.75, 3.05) is 13.1 Å². The van der Waals surface area contributed by atoms with E-state index in [0.29, 0.717) is 5.92 Å². The van der Waals surface area contributed by atoms with Crippen molar-refractivity contribution in [1.82, 2.24) is 5.32 Å². The van der Waals surface area contributed by atoms with Gasteiger partial charge < -0.3 is 5.32 Å². The molecular formula is C12H12FN. The van der Waals surface area contributed by atoms with E-state index < -0.39 is 0 Å². The summed E-state index contributed by atoms with van der Waals surface area (Å²) in [4.78, 5) is 0. The maximum absolute atomic E-state index is 12.6. The topological polar surface area (TPSA) is 12.0 Å². The Kier molecular flexibility index (Phi) is 2.81. The Bertz CT molecular complexity index is 352. The number of rotatable bonds is 0. The molecule has 14 heavy (non-hydrogen) atoms. The molecule has 1 aliphatic rings. The first-order valence-electron chi connectivity index (χ1n) is 4.82. The molecule has 0 aliphatic carbocycles. The molecule has 2 heteroatoms. The SMILES string of the molecule is Fc1ccc(C#CC2CCNC2)cc1. The van der Waals surface area contributed by atoms with Gasteiger partial charge in [0, 0.05) is 18.0 Å². The lowest BCUT2D eigenvalue weighted by atomic mass is 10.1. The van der Waals surface area contributed by atoms with E-state index in [1.807, 2.05) is 0 Å². The van der Waals surface area contributed by atoms with Gasteiger partial charge in [0.2, 0.25) is 0 Å². The molecule has 1 saturated heterocycles. The van der Waals surface area contributed by atoms with Gasteiger partial charge in [-0.05, 0) is 37.2 Å². The second-order valence-corrected chi connectivity index (χ2v) is 3.47. The van der Waals surface area contributed by atoms with Crippen molar-refractivity contribution in [3.8, 4) is 11.8 Å². The highest BCUT2D eigenvalue weighted by Crippen LogP contribution is 2.06. The molecular weight excluding hydrogens is 177 g/mol. The molecule has 0 spiro atoms. The molecule has 1 atom stereocenters. The monoisotopic (exact) mass is 189 g/mol. The summed E-state index contributed by atoms with van der Waals surface area (Å²) >= 11 is 0. The highest BCUT2D eigenvalue weighted by Gasteiger charge is 2.10. The van der Waals surface area contributed by atoms with Crippen molar-refractivity contribution < 1.29 is 4.39 Å². The molecule has 0 saturated carbocycles. The summed E-state index contributed by atoms with van der Waals surface area (Å²) < 4.78 is 12.6. The van der Waals surface area contributed by atoms with Gasteiger partial charge in [0.15, 0.2) is 0 Å². The van der Waals surface area contributed by atoms with Gasteiger partial charge in [-0.1, -0.05) is 11.8 Å². The summed E-state index contributed by atoms with van der Waals surface area (Å²) in [6.07, 6.45) is 1.12. The van der Waals surface area contributed by atoms with Crippen molar-refractivity contribution in [3.05, 3.63) is 35.6 Å². The third-order valence-corrected chi connectivity index (χ3v) is 2.33. The van der Waals surface area contributed by atoms with Gasteiger partial charge in [0.1, 0.15) is 5.82 Å². The Morgan fingerprint density at radius 2 is 2.07 bits per heavy atom. The summed E-state index contributed by atoms with van der Waals surface area (Å²) in [5, 5.41) is 3.26. The number of hydrogen-bond donors (Lipinski definition) is 1. The van der Waals surface area contributed by atoms with E-state index in [9.17, 15) is 4.39 Å². The molecule has 1 aromatic rings. The predicted molar refractivity (Wildman–Crippen MR) is 54.3 cm³/mol. The number of benzene rings is 1. The molecule has 1 aromatic carbocycles. The first-order chi connectivity index (χ1) is 6.84. The largest absolute Gasteiger partial charge is 0.315 e. The Morgan fingerprint density at radius 1 is 1.29 bits per heavy atom. The Labute approximate surface area is 83.3 Å². The first kappa shape index (κ1) is 9.23. The van der Waals surface area contributed by atoms with Gasteiger partial charge in [0.25, 0.3) is 0 Å². The zero-order valence-electron chi connectivity index (χ0n) is 7.89. The lowest BCUT2D eigenvalue weighted by molar-refractivity contribution is 0.627. The smallest absolute Gasteiger partial charge is 0.123 e. The zero-order valence-corrected chi connectivity index (χ0v) is 7.89. The Hall–Kier alpha value is -1.33. The lowest BCUT2D eigenvalue weighted by Crippen LogP contribution is -2.07. The van der Waals surface area contributed by atoms with Gasteiger partial charge in [-0.2, -0.15) is 0 Å². The zero-order chi connectivity index (χ0) is 9.80. The van der Waals surface area contributed by atoms with Crippen LogP contribution >= 0.6 is 0 Å². The molecule has 0 aromatic heterocycles. The van der Waals surface area contributed by atoms with Gasteiger partial charge in [-0.25, -0.2) is 4.39 Å². The lowest BCUT2D eigenvalue weighted by Gasteiger charge is -1.94. The van der Waals surface area contributed by atoms with Crippen LogP contribution in [0, 0.1) is 23.6 Å². The third-order valence-electron chi connectivity index (χ3n) is 2.33. The van der Waals surface area contributed by atoms with Crippen molar-refractivity contribution in [2.24, 2.45) is 5.92 Å². The summed E-state index contributed by atoms with van der Waals surface area (Å²) in [6.45, 7) is 2.04. The minimum absolute atomic E-state index is 0.210. The molecule has 72 valence electrons. The average Bonchev–Trinajstić information content (AvgIpc) is 2.70. The second-order valence-electron chi connectivity index (χ2n) is 3.47. The quantitative estimate of drug-likeness (QED) is 0.613. The summed E-state index contributed by atoms with van der Waals surface area (Å²) in [5.74, 6) is 6.49. The molecule has 1 aliphatic heterocycles. The molecule has 1 fully saturated rings. The normalized spacial score (nSPS) is 20.2. The highest BCUT2D eigenvalue weighted by atomic mass is 19.1. The van der Waals surface area contributed by atoms with E-state index in [1.165, 1.54) is 12.1 Å². The number of halogens is 1. The molecule has 0 amide bonds. The Morgan fingerprint density at radius 3 is 2.71 bits per heavy atom. The fraction of sp³-hybridized carbons (Fsp3) is 0.333. The number of hydrogen-bond acceptors (Lipinski definition) is 1. The van der Waals surface area contributed by atoms with E-state index in [1.54, 1.807) is 12.1 Å². The molecule has 1 unspecified atom stereocenters. The van der Waals surface area contributed by atoms with Crippen molar-refractivity contribution in [1.29, 1.82) is 0 Å². The van der Waals surface area contributed by atoms with Crippen LogP contribution in [-0.4, -0.2) is 13.1 Å². The second kappa shape index (κ2) is 4.26. The van der Waals surface area contributed by atoms with Crippen molar-refractivity contribution in [2.45, 2.75) is 6.42 Å². The van der Waals surface area contributed by atoms with Gasteiger partial charge >= 0.3 is 0 Å². The van der Waals surface area contributed by atoms with E-state index >= 15 is 0 Å². The molecule has 0 bridgehead atoms. The molecule has 1 nitrogen and oxygen atoms in total. The van der Waals surface area contributed by atoms with Crippen LogP contribution in [0.2, 0.25) is 0 Å². The van der Waals surface area contributed by atoms with E-state index in [0.717, 1.165) is 25.1 Å². The summed E-state index contributed by atoms with van der Waals surface area (Å²) in [6, 6.07) is 6.31. The average molecular weight is 189 g/mol. The van der Waals surface area contributed by atoms with E-state index in [-0.39, 0.29) is 5.82 Å². The molecule has 0 radical (unpaired) electrons. The maximum atomic E-state index is 12.6. The maximum Gasteiger partial charge on any atom is 0.123 e. The molecule has 1 N–H and O–H groups in total. The van der Waals surface area contributed by atoms with Crippen molar-refractivity contribution >= 4 is 0 Å². The van der Waals surface area contributed by atoms with E-state index in [4.69, 9.17) is 0 Å². The highest BCUT2D eigenvalue weighted by molar-refractivity contribution is 5.34. The van der Waals surface area contributed by atoms with Gasteiger partial charge in [-0.15, -0.1) is 0 Å². The van der Waals surface area contributed by atoms with Crippen LogP contribution in [0.4, 0.5) is 4.39 Å². The predicted octanol–water partition coefficient (Wildman–Crippen LogP) is 1.79. The fourth-order valence-corrected chi connectivity index (χ4v) is 1.50. The van der Waals surface area contributed by atoms with Crippen LogP contribution in [0.1, 0.15) is 12.0 Å². The summed E-state index contributed by atoms with van der Waals surface area (Å²) in [5.41, 5.74) is 0.887. The van der Waals surface area contributed by atoms with Crippen molar-refractivity contribution in [3.63, 3.8) is 0 Å². The molecule has 2 rings (SSSR count). The van der Waals surface area contributed by atoms with Crippen LogP contribution in [-0.2, 0) is 0 Å². The number of nitrogens with one attached hydrogen (secondary N) is 1. The summed E-state index contributed by atoms with van der Waals surface area (Å²) in [7, 11) is 0. The minimum atomic E-state index is -0.210. The standard InChI is InChI=1S/C12H12FN/c13-12-5-3-10(4-6-12)1-2-11-7-8-14-9-11/h3-6,11,14H,7-9H2. The fourth-order valence-electron chi connectivity index (χ4n) is 1.50. The first-order valence-corrected chi connectivity index (χ1v) is 4.82. The van der Waals surface area contributed by atoms with Crippen LogP contribution in [0.5, 0.6) is 0 Å². The van der Waals surface area contributed by atoms with Crippen LogP contribution in [0.3, 0.4) is 0 Å². The molecule has 1 heterocycles. The Balaban J connectivity index is 2.05. The van der Waals surface area contributed by atoms with Crippen LogP contribution < -0.4 is 5.32 Å². The van der Waals surface area contributed by atoms with E-state index in [2.05, 4.69) is 17.2 Å². The van der Waals surface area contributed by atoms with Gasteiger partial charge in [0.05, 0.1) is 0 Å². The van der Waals surface area contributed by atoms with Crippen LogP contribution in [0.25, 0.3) is 0 Å². The third kappa shape index (κ3) is 2.34. The van der Waals surface area contributed by atoms with Crippen LogP contribution in [0.15, 0.2) is 24.3 Å². The minimum Gasteiger partial charge on any atom is -0.315 e.